The third-order valence-electron chi connectivity index (χ3n) is 1.40. The Kier molecular flexibility index (Phi) is 5.43. The second-order valence-corrected chi connectivity index (χ2v) is 4.04. The minimum Gasteiger partial charge on any atom is -0.464 e. The molecule has 0 fully saturated rings. The SMILES string of the molecule is CCC(COC)NS(=O)(=O)NC(=O)O. The first-order chi connectivity index (χ1) is 6.41. The predicted molar refractivity (Wildman–Crippen MR) is 49.2 cm³/mol. The summed E-state index contributed by atoms with van der Waals surface area (Å²) in [5.74, 6) is 0. The van der Waals surface area contributed by atoms with Crippen LogP contribution >= 0.6 is 0 Å². The van der Waals surface area contributed by atoms with E-state index < -0.39 is 22.3 Å². The van der Waals surface area contributed by atoms with Crippen molar-refractivity contribution in [1.29, 1.82) is 0 Å². The van der Waals surface area contributed by atoms with Crippen LogP contribution in [0.15, 0.2) is 0 Å². The summed E-state index contributed by atoms with van der Waals surface area (Å²) in [4.78, 5) is 10.1. The Hall–Kier alpha value is -0.860. The van der Waals surface area contributed by atoms with E-state index in [0.29, 0.717) is 6.42 Å². The number of carbonyl (C=O) groups is 1. The molecule has 0 heterocycles. The van der Waals surface area contributed by atoms with E-state index >= 15 is 0 Å². The normalized spacial score (nSPS) is 13.6. The van der Waals surface area contributed by atoms with Gasteiger partial charge in [-0.15, -0.1) is 0 Å². The van der Waals surface area contributed by atoms with Crippen LogP contribution in [0.5, 0.6) is 0 Å². The number of nitrogens with one attached hydrogen (secondary N) is 2. The maximum atomic E-state index is 11.0. The summed E-state index contributed by atoms with van der Waals surface area (Å²) in [6.07, 6.45) is -1.11. The maximum Gasteiger partial charge on any atom is 0.419 e. The van der Waals surface area contributed by atoms with Crippen LogP contribution in [0.2, 0.25) is 0 Å². The van der Waals surface area contributed by atoms with Crippen LogP contribution < -0.4 is 9.44 Å². The van der Waals surface area contributed by atoms with Crippen LogP contribution in [0.1, 0.15) is 13.3 Å². The van der Waals surface area contributed by atoms with Crippen molar-refractivity contribution in [2.45, 2.75) is 19.4 Å². The van der Waals surface area contributed by atoms with Crippen LogP contribution in [-0.4, -0.2) is 39.4 Å². The Morgan fingerprint density at radius 3 is 2.50 bits per heavy atom. The molecule has 0 aromatic rings. The molecule has 0 radical (unpaired) electrons. The van der Waals surface area contributed by atoms with E-state index in [1.54, 1.807) is 6.92 Å². The van der Waals surface area contributed by atoms with E-state index in [-0.39, 0.29) is 6.61 Å². The zero-order chi connectivity index (χ0) is 11.2. The van der Waals surface area contributed by atoms with Gasteiger partial charge in [-0.2, -0.15) is 13.1 Å². The van der Waals surface area contributed by atoms with Crippen molar-refractivity contribution in [2.24, 2.45) is 0 Å². The maximum absolute atomic E-state index is 11.0. The molecular weight excluding hydrogens is 212 g/mol. The topological polar surface area (TPSA) is 105 Å². The molecule has 0 aromatic carbocycles. The fraction of sp³-hybridized carbons (Fsp3) is 0.833. The number of ether oxygens (including phenoxy) is 1. The zero-order valence-corrected chi connectivity index (χ0v) is 8.80. The molecule has 0 bridgehead atoms. The van der Waals surface area contributed by atoms with Crippen molar-refractivity contribution < 1.29 is 23.1 Å². The van der Waals surface area contributed by atoms with Crippen LogP contribution in [0, 0.1) is 0 Å². The molecule has 8 heteroatoms. The molecule has 14 heavy (non-hydrogen) atoms. The molecule has 0 rings (SSSR count). The molecule has 0 aliphatic carbocycles. The van der Waals surface area contributed by atoms with Crippen LogP contribution in [0.4, 0.5) is 4.79 Å². The molecule has 0 saturated carbocycles. The average Bonchev–Trinajstić information content (AvgIpc) is 2.00. The summed E-state index contributed by atoms with van der Waals surface area (Å²) < 4.78 is 30.3. The number of methoxy groups -OCH3 is 1. The second kappa shape index (κ2) is 5.78. The third kappa shape index (κ3) is 5.73. The van der Waals surface area contributed by atoms with Crippen molar-refractivity contribution in [3.05, 3.63) is 0 Å². The molecule has 0 aliphatic heterocycles. The van der Waals surface area contributed by atoms with Gasteiger partial charge in [-0.1, -0.05) is 6.92 Å². The van der Waals surface area contributed by atoms with Gasteiger partial charge in [0.1, 0.15) is 0 Å². The van der Waals surface area contributed by atoms with Gasteiger partial charge in [0.25, 0.3) is 0 Å². The molecule has 0 aromatic heterocycles. The van der Waals surface area contributed by atoms with Crippen LogP contribution in [-0.2, 0) is 14.9 Å². The lowest BCUT2D eigenvalue weighted by Gasteiger charge is -2.15. The molecule has 1 amide bonds. The second-order valence-electron chi connectivity index (χ2n) is 2.59. The smallest absolute Gasteiger partial charge is 0.419 e. The minimum atomic E-state index is -3.99. The lowest BCUT2D eigenvalue weighted by Crippen LogP contribution is -2.46. The first-order valence-corrected chi connectivity index (χ1v) is 5.41. The highest BCUT2D eigenvalue weighted by molar-refractivity contribution is 7.88. The van der Waals surface area contributed by atoms with Gasteiger partial charge < -0.3 is 9.84 Å². The number of rotatable bonds is 6. The predicted octanol–water partition coefficient (Wildman–Crippen LogP) is -0.487. The minimum absolute atomic E-state index is 0.191. The highest BCUT2D eigenvalue weighted by Gasteiger charge is 2.17. The van der Waals surface area contributed by atoms with Crippen LogP contribution in [0.25, 0.3) is 0 Å². The van der Waals surface area contributed by atoms with E-state index in [9.17, 15) is 13.2 Å². The van der Waals surface area contributed by atoms with E-state index in [1.165, 1.54) is 11.8 Å². The van der Waals surface area contributed by atoms with Crippen molar-refractivity contribution in [3.63, 3.8) is 0 Å². The van der Waals surface area contributed by atoms with Gasteiger partial charge in [-0.25, -0.2) is 9.52 Å². The standard InChI is InChI=1S/C6H14N2O5S/c1-3-5(4-13-2)7-14(11,12)8-6(9)10/h5,7-8H,3-4H2,1-2H3,(H,9,10). The third-order valence-corrected chi connectivity index (χ3v) is 2.49. The number of hydrogen-bond acceptors (Lipinski definition) is 4. The first-order valence-electron chi connectivity index (χ1n) is 3.93. The average molecular weight is 226 g/mol. The monoisotopic (exact) mass is 226 g/mol. The number of carboxylic acid groups (broad SMARTS) is 1. The lowest BCUT2D eigenvalue weighted by atomic mass is 10.3. The summed E-state index contributed by atoms with van der Waals surface area (Å²) in [6.45, 7) is 1.95. The van der Waals surface area contributed by atoms with Gasteiger partial charge in [0, 0.05) is 13.2 Å². The van der Waals surface area contributed by atoms with Gasteiger partial charge in [-0.05, 0) is 6.42 Å². The van der Waals surface area contributed by atoms with Crippen molar-refractivity contribution >= 4 is 16.3 Å². The molecule has 0 saturated heterocycles. The Labute approximate surface area is 82.6 Å². The van der Waals surface area contributed by atoms with Gasteiger partial charge in [0.15, 0.2) is 0 Å². The Balaban J connectivity index is 4.25. The molecule has 1 atom stereocenters. The fourth-order valence-corrected chi connectivity index (χ4v) is 1.76. The van der Waals surface area contributed by atoms with Gasteiger partial charge in [0.2, 0.25) is 0 Å². The molecular formula is C6H14N2O5S. The molecule has 1 unspecified atom stereocenters. The van der Waals surface area contributed by atoms with Gasteiger partial charge >= 0.3 is 16.3 Å². The van der Waals surface area contributed by atoms with Crippen molar-refractivity contribution in [2.75, 3.05) is 13.7 Å². The molecule has 0 aliphatic rings. The largest absolute Gasteiger partial charge is 0.464 e. The summed E-state index contributed by atoms with van der Waals surface area (Å²) in [5.41, 5.74) is 0. The summed E-state index contributed by atoms with van der Waals surface area (Å²) in [5, 5.41) is 8.20. The molecule has 3 N–H and O–H groups in total. The molecule has 84 valence electrons. The molecule has 7 nitrogen and oxygen atoms in total. The highest BCUT2D eigenvalue weighted by atomic mass is 32.2. The zero-order valence-electron chi connectivity index (χ0n) is 7.98. The quantitative estimate of drug-likeness (QED) is 0.567. The van der Waals surface area contributed by atoms with Crippen LogP contribution in [0.3, 0.4) is 0 Å². The summed E-state index contributed by atoms with van der Waals surface area (Å²) in [6, 6.07) is -0.433. The Bertz CT molecular complexity index is 276. The number of amides is 1. The summed E-state index contributed by atoms with van der Waals surface area (Å²) in [7, 11) is -2.56. The fourth-order valence-electron chi connectivity index (χ4n) is 0.800. The van der Waals surface area contributed by atoms with Crippen molar-refractivity contribution in [3.8, 4) is 0 Å². The first kappa shape index (κ1) is 13.1. The lowest BCUT2D eigenvalue weighted by molar-refractivity contribution is 0.172. The van der Waals surface area contributed by atoms with E-state index in [1.807, 2.05) is 0 Å². The highest BCUT2D eigenvalue weighted by Crippen LogP contribution is 1.93. The summed E-state index contributed by atoms with van der Waals surface area (Å²) >= 11 is 0. The van der Waals surface area contributed by atoms with Gasteiger partial charge in [-0.3, -0.25) is 0 Å². The van der Waals surface area contributed by atoms with E-state index in [4.69, 9.17) is 9.84 Å². The Morgan fingerprint density at radius 1 is 1.57 bits per heavy atom. The van der Waals surface area contributed by atoms with E-state index in [0.717, 1.165) is 0 Å². The van der Waals surface area contributed by atoms with E-state index in [2.05, 4.69) is 4.72 Å². The van der Waals surface area contributed by atoms with Gasteiger partial charge in [0.05, 0.1) is 6.61 Å². The Morgan fingerprint density at radius 2 is 2.14 bits per heavy atom. The molecule has 0 spiro atoms. The van der Waals surface area contributed by atoms with Crippen molar-refractivity contribution in [1.82, 2.24) is 9.44 Å². The number of hydrogen-bond donors (Lipinski definition) is 3.